The van der Waals surface area contributed by atoms with Crippen LogP contribution in [0.4, 0.5) is 27.6 Å². The third-order valence-electron chi connectivity index (χ3n) is 5.44. The van der Waals surface area contributed by atoms with Crippen molar-refractivity contribution in [3.05, 3.63) is 76.9 Å². The van der Waals surface area contributed by atoms with Gasteiger partial charge in [0.15, 0.2) is 17.7 Å². The number of benzene rings is 2. The Labute approximate surface area is 174 Å². The Kier molecular flexibility index (Phi) is 4.83. The molecule has 0 N–H and O–H groups in total. The van der Waals surface area contributed by atoms with E-state index in [-0.39, 0.29) is 34.7 Å². The number of alkyl halides is 5. The maximum absolute atomic E-state index is 15.5. The van der Waals surface area contributed by atoms with Gasteiger partial charge in [-0.15, -0.1) is 10.2 Å². The molecule has 2 aromatic carbocycles. The van der Waals surface area contributed by atoms with Crippen molar-refractivity contribution < 1.29 is 26.7 Å². The van der Waals surface area contributed by atoms with Gasteiger partial charge in [0, 0.05) is 18.3 Å². The number of hydrogen-bond acceptors (Lipinski definition) is 3. The van der Waals surface area contributed by atoms with Crippen LogP contribution in [0.3, 0.4) is 0 Å². The molecule has 2 heterocycles. The quantitative estimate of drug-likeness (QED) is 0.548. The number of carbonyl (C=O) groups excluding carboxylic acids is 1. The SMILES string of the molecule is Cn1cnnc1[C@H](F)[C@](C)(F)c1cccc(N2Cc3c(cccc3C(F)(F)F)C2=O)c1. The zero-order valence-corrected chi connectivity index (χ0v) is 16.5. The molecule has 0 saturated carbocycles. The molecule has 0 fully saturated rings. The zero-order valence-electron chi connectivity index (χ0n) is 16.5. The van der Waals surface area contributed by atoms with Crippen LogP contribution < -0.4 is 4.90 Å². The van der Waals surface area contributed by atoms with Crippen LogP contribution in [0.2, 0.25) is 0 Å². The van der Waals surface area contributed by atoms with Crippen LogP contribution in [0.1, 0.15) is 46.0 Å². The molecule has 5 nitrogen and oxygen atoms in total. The van der Waals surface area contributed by atoms with E-state index in [0.717, 1.165) is 17.9 Å². The molecule has 1 aliphatic heterocycles. The van der Waals surface area contributed by atoms with E-state index in [4.69, 9.17) is 0 Å². The Morgan fingerprint density at radius 2 is 1.81 bits per heavy atom. The first-order chi connectivity index (χ1) is 14.5. The fourth-order valence-electron chi connectivity index (χ4n) is 3.70. The van der Waals surface area contributed by atoms with Gasteiger partial charge in [-0.05, 0) is 42.3 Å². The number of rotatable bonds is 4. The van der Waals surface area contributed by atoms with Gasteiger partial charge in [0.25, 0.3) is 5.91 Å². The second-order valence-electron chi connectivity index (χ2n) is 7.51. The largest absolute Gasteiger partial charge is 0.416 e. The minimum atomic E-state index is -4.61. The van der Waals surface area contributed by atoms with E-state index in [1.54, 1.807) is 0 Å². The molecule has 0 bridgehead atoms. The molecule has 3 aromatic rings. The van der Waals surface area contributed by atoms with Crippen molar-refractivity contribution in [3.8, 4) is 0 Å². The Morgan fingerprint density at radius 1 is 1.10 bits per heavy atom. The summed E-state index contributed by atoms with van der Waals surface area (Å²) < 4.78 is 71.8. The summed E-state index contributed by atoms with van der Waals surface area (Å²) in [6.07, 6.45) is -5.52. The maximum atomic E-state index is 15.5. The van der Waals surface area contributed by atoms with Gasteiger partial charge in [-0.1, -0.05) is 18.2 Å². The number of anilines is 1. The molecule has 1 aromatic heterocycles. The number of nitrogens with zero attached hydrogens (tertiary/aromatic N) is 4. The van der Waals surface area contributed by atoms with Crippen molar-refractivity contribution in [1.29, 1.82) is 0 Å². The smallest absolute Gasteiger partial charge is 0.318 e. The first-order valence-corrected chi connectivity index (χ1v) is 9.30. The Balaban J connectivity index is 1.69. The molecule has 0 saturated heterocycles. The highest BCUT2D eigenvalue weighted by molar-refractivity contribution is 6.10. The van der Waals surface area contributed by atoms with Crippen LogP contribution in [-0.2, 0) is 25.4 Å². The van der Waals surface area contributed by atoms with Crippen molar-refractivity contribution in [3.63, 3.8) is 0 Å². The maximum Gasteiger partial charge on any atom is 0.416 e. The van der Waals surface area contributed by atoms with E-state index in [1.807, 2.05) is 0 Å². The van der Waals surface area contributed by atoms with Crippen molar-refractivity contribution in [2.24, 2.45) is 7.05 Å². The summed E-state index contributed by atoms with van der Waals surface area (Å²) in [7, 11) is 1.48. The van der Waals surface area contributed by atoms with E-state index in [0.29, 0.717) is 0 Å². The van der Waals surface area contributed by atoms with E-state index in [1.165, 1.54) is 54.3 Å². The monoisotopic (exact) mass is 436 g/mol. The van der Waals surface area contributed by atoms with Crippen molar-refractivity contribution >= 4 is 11.6 Å². The summed E-state index contributed by atoms with van der Waals surface area (Å²) in [6, 6.07) is 8.91. The van der Waals surface area contributed by atoms with Crippen LogP contribution in [0, 0.1) is 0 Å². The summed E-state index contributed by atoms with van der Waals surface area (Å²) in [5.74, 6) is -0.848. The van der Waals surface area contributed by atoms with Crippen LogP contribution in [-0.4, -0.2) is 20.7 Å². The molecule has 0 spiro atoms. The van der Waals surface area contributed by atoms with Gasteiger partial charge in [0.05, 0.1) is 12.1 Å². The number of aromatic nitrogens is 3. The first kappa shape index (κ1) is 21.0. The predicted octanol–water partition coefficient (Wildman–Crippen LogP) is 4.89. The minimum absolute atomic E-state index is 0.0642. The number of fused-ring (bicyclic) bond motifs is 1. The molecule has 31 heavy (non-hydrogen) atoms. The number of hydrogen-bond donors (Lipinski definition) is 0. The molecule has 0 unspecified atom stereocenters. The van der Waals surface area contributed by atoms with Gasteiger partial charge < -0.3 is 9.47 Å². The van der Waals surface area contributed by atoms with Gasteiger partial charge in [-0.2, -0.15) is 13.2 Å². The molecule has 162 valence electrons. The van der Waals surface area contributed by atoms with Crippen LogP contribution in [0.5, 0.6) is 0 Å². The third-order valence-corrected chi connectivity index (χ3v) is 5.44. The van der Waals surface area contributed by atoms with E-state index < -0.39 is 29.5 Å². The topological polar surface area (TPSA) is 51.0 Å². The Bertz CT molecular complexity index is 1150. The molecule has 2 atom stereocenters. The number of aryl methyl sites for hydroxylation is 1. The average molecular weight is 436 g/mol. The standard InChI is InChI=1S/C21H17F5N4O/c1-20(23,17(22)18-28-27-11-29(18)2)12-5-3-6-13(9-12)30-10-15-14(19(30)31)7-4-8-16(15)21(24,25)26/h3-9,11,17H,10H2,1-2H3/t17-,20+/m0/s1. The molecular formula is C21H17F5N4O. The van der Waals surface area contributed by atoms with Gasteiger partial charge in [-0.3, -0.25) is 4.79 Å². The van der Waals surface area contributed by atoms with Crippen LogP contribution in [0.25, 0.3) is 0 Å². The number of halogens is 5. The molecule has 10 heteroatoms. The van der Waals surface area contributed by atoms with Crippen LogP contribution >= 0.6 is 0 Å². The molecule has 4 rings (SSSR count). The lowest BCUT2D eigenvalue weighted by Gasteiger charge is -2.26. The van der Waals surface area contributed by atoms with Crippen molar-refractivity contribution in [2.75, 3.05) is 4.90 Å². The summed E-state index contributed by atoms with van der Waals surface area (Å²) in [6.45, 7) is 0.715. The summed E-state index contributed by atoms with van der Waals surface area (Å²) >= 11 is 0. The summed E-state index contributed by atoms with van der Waals surface area (Å²) in [5.41, 5.74) is -3.54. The molecule has 0 aliphatic carbocycles. The molecular weight excluding hydrogens is 419 g/mol. The highest BCUT2D eigenvalue weighted by atomic mass is 19.4. The van der Waals surface area contributed by atoms with Crippen molar-refractivity contribution in [1.82, 2.24) is 14.8 Å². The fraction of sp³-hybridized carbons (Fsp3) is 0.286. The van der Waals surface area contributed by atoms with Gasteiger partial charge >= 0.3 is 6.18 Å². The van der Waals surface area contributed by atoms with Crippen molar-refractivity contribution in [2.45, 2.75) is 31.5 Å². The summed E-state index contributed by atoms with van der Waals surface area (Å²) in [4.78, 5) is 13.9. The predicted molar refractivity (Wildman–Crippen MR) is 102 cm³/mol. The zero-order chi connectivity index (χ0) is 22.6. The number of amides is 1. The lowest BCUT2D eigenvalue weighted by molar-refractivity contribution is -0.138. The highest BCUT2D eigenvalue weighted by Crippen LogP contribution is 2.43. The van der Waals surface area contributed by atoms with E-state index >= 15 is 4.39 Å². The number of carbonyl (C=O) groups is 1. The normalized spacial score (nSPS) is 16.9. The second-order valence-corrected chi connectivity index (χ2v) is 7.51. The first-order valence-electron chi connectivity index (χ1n) is 9.30. The van der Waals surface area contributed by atoms with Crippen LogP contribution in [0.15, 0.2) is 48.8 Å². The highest BCUT2D eigenvalue weighted by Gasteiger charge is 2.42. The van der Waals surface area contributed by atoms with Gasteiger partial charge in [-0.25, -0.2) is 8.78 Å². The third kappa shape index (κ3) is 3.45. The van der Waals surface area contributed by atoms with Gasteiger partial charge in [0.1, 0.15) is 6.33 Å². The molecule has 1 amide bonds. The Hall–Kier alpha value is -3.30. The Morgan fingerprint density at radius 3 is 2.45 bits per heavy atom. The fourth-order valence-corrected chi connectivity index (χ4v) is 3.70. The van der Waals surface area contributed by atoms with E-state index in [9.17, 15) is 22.4 Å². The second kappa shape index (κ2) is 7.14. The summed E-state index contributed by atoms with van der Waals surface area (Å²) in [5, 5.41) is 7.16. The molecule has 0 radical (unpaired) electrons. The minimum Gasteiger partial charge on any atom is -0.318 e. The molecule has 1 aliphatic rings. The van der Waals surface area contributed by atoms with E-state index in [2.05, 4.69) is 10.2 Å². The average Bonchev–Trinajstić information content (AvgIpc) is 3.30. The van der Waals surface area contributed by atoms with Gasteiger partial charge in [0.2, 0.25) is 0 Å². The lowest BCUT2D eigenvalue weighted by Crippen LogP contribution is -2.27. The lowest BCUT2D eigenvalue weighted by atomic mass is 9.92.